The van der Waals surface area contributed by atoms with Crippen LogP contribution >= 0.6 is 0 Å². The SMILES string of the molecule is CC/C=C\C/C=C\C/C=C\CCCCCCCCCCCC(=O)OCC(COC(=O)CCCCCCCC/C=C\C=C/CCCCC)OC(=O)CCCCCCCCCCCCCCCCCCCC. The minimum absolute atomic E-state index is 0.0782. The Labute approximate surface area is 434 Å². The largest absolute Gasteiger partial charge is 0.462 e. The van der Waals surface area contributed by atoms with E-state index in [2.05, 4.69) is 81.5 Å². The first-order chi connectivity index (χ1) is 34.5. The molecule has 0 aromatic carbocycles. The van der Waals surface area contributed by atoms with E-state index in [1.807, 2.05) is 0 Å². The summed E-state index contributed by atoms with van der Waals surface area (Å²) in [5, 5.41) is 0. The Kier molecular flexibility index (Phi) is 56.3. The maximum absolute atomic E-state index is 12.9. The number of hydrogen-bond donors (Lipinski definition) is 0. The van der Waals surface area contributed by atoms with Crippen molar-refractivity contribution in [2.75, 3.05) is 13.2 Å². The molecular formula is C64H114O6. The van der Waals surface area contributed by atoms with Crippen molar-refractivity contribution in [2.45, 2.75) is 316 Å². The van der Waals surface area contributed by atoms with Gasteiger partial charge in [-0.2, -0.15) is 0 Å². The normalized spacial score (nSPS) is 12.4. The van der Waals surface area contributed by atoms with Crippen LogP contribution in [0.25, 0.3) is 0 Å². The number of carbonyl (C=O) groups excluding carboxylic acids is 3. The molecular weight excluding hydrogens is 865 g/mol. The Morgan fingerprint density at radius 3 is 0.986 bits per heavy atom. The Morgan fingerprint density at radius 1 is 0.314 bits per heavy atom. The van der Waals surface area contributed by atoms with Crippen molar-refractivity contribution in [2.24, 2.45) is 0 Å². The van der Waals surface area contributed by atoms with E-state index in [9.17, 15) is 14.4 Å². The number of unbranched alkanes of at least 4 members (excludes halogenated alkanes) is 35. The Hall–Kier alpha value is -2.89. The van der Waals surface area contributed by atoms with Gasteiger partial charge in [-0.25, -0.2) is 0 Å². The summed E-state index contributed by atoms with van der Waals surface area (Å²) in [5.41, 5.74) is 0. The molecule has 0 spiro atoms. The summed E-state index contributed by atoms with van der Waals surface area (Å²) < 4.78 is 16.9. The second-order valence-electron chi connectivity index (χ2n) is 20.3. The van der Waals surface area contributed by atoms with E-state index in [1.54, 1.807) is 0 Å². The molecule has 0 aliphatic heterocycles. The molecule has 0 aliphatic carbocycles. The third kappa shape index (κ3) is 56.0. The maximum atomic E-state index is 12.9. The predicted octanol–water partition coefficient (Wildman–Crippen LogP) is 20.4. The lowest BCUT2D eigenvalue weighted by molar-refractivity contribution is -0.167. The molecule has 0 bridgehead atoms. The second kappa shape index (κ2) is 58.7. The van der Waals surface area contributed by atoms with E-state index < -0.39 is 6.10 Å². The maximum Gasteiger partial charge on any atom is 0.306 e. The van der Waals surface area contributed by atoms with Crippen LogP contribution in [-0.2, 0) is 28.6 Å². The number of esters is 3. The van der Waals surface area contributed by atoms with Gasteiger partial charge in [0.2, 0.25) is 0 Å². The molecule has 0 aliphatic rings. The zero-order chi connectivity index (χ0) is 50.7. The molecule has 0 amide bonds. The standard InChI is InChI=1S/C64H114O6/c1-4-7-10-13-16-19-22-25-28-30-32-34-36-39-42-45-48-51-54-57-63(66)69-60-61(59-68-62(65)56-53-50-47-44-41-38-35-27-24-21-18-15-12-9-6-3)70-64(67)58-55-52-49-46-43-40-37-33-31-29-26-23-20-17-14-11-8-5-2/h7,10,16,18-19,21,24-25,27-28,61H,4-6,8-9,11-15,17,20,22-23,26,29-60H2,1-3H3/b10-7-,19-16-,21-18-,27-24-,28-25-. The molecule has 1 unspecified atom stereocenters. The molecule has 406 valence electrons. The highest BCUT2D eigenvalue weighted by Gasteiger charge is 2.19. The number of carbonyl (C=O) groups is 3. The molecule has 6 heteroatoms. The number of hydrogen-bond acceptors (Lipinski definition) is 6. The van der Waals surface area contributed by atoms with Crippen molar-refractivity contribution in [1.29, 1.82) is 0 Å². The number of allylic oxidation sites excluding steroid dienone is 10. The first kappa shape index (κ1) is 67.1. The zero-order valence-electron chi connectivity index (χ0n) is 46.5. The molecule has 0 N–H and O–H groups in total. The van der Waals surface area contributed by atoms with Gasteiger partial charge < -0.3 is 14.2 Å². The van der Waals surface area contributed by atoms with Crippen molar-refractivity contribution in [1.82, 2.24) is 0 Å². The van der Waals surface area contributed by atoms with E-state index in [-0.39, 0.29) is 31.1 Å². The van der Waals surface area contributed by atoms with E-state index in [4.69, 9.17) is 14.2 Å². The molecule has 0 heterocycles. The Morgan fingerprint density at radius 2 is 0.600 bits per heavy atom. The van der Waals surface area contributed by atoms with Crippen molar-refractivity contribution in [3.8, 4) is 0 Å². The number of rotatable bonds is 55. The smallest absolute Gasteiger partial charge is 0.306 e. The fraction of sp³-hybridized carbons (Fsp3) is 0.797. The molecule has 1 atom stereocenters. The Balaban J connectivity index is 4.36. The number of ether oxygens (including phenoxy) is 3. The molecule has 0 radical (unpaired) electrons. The first-order valence-electron chi connectivity index (χ1n) is 30.3. The van der Waals surface area contributed by atoms with Gasteiger partial charge in [0.25, 0.3) is 0 Å². The molecule has 0 fully saturated rings. The fourth-order valence-corrected chi connectivity index (χ4v) is 8.74. The van der Waals surface area contributed by atoms with Gasteiger partial charge in [0, 0.05) is 19.3 Å². The van der Waals surface area contributed by atoms with Crippen LogP contribution in [-0.4, -0.2) is 37.2 Å². The fourth-order valence-electron chi connectivity index (χ4n) is 8.74. The summed E-state index contributed by atoms with van der Waals surface area (Å²) in [7, 11) is 0. The van der Waals surface area contributed by atoms with E-state index in [0.29, 0.717) is 19.3 Å². The van der Waals surface area contributed by atoms with Crippen LogP contribution < -0.4 is 0 Å². The molecule has 0 rings (SSSR count). The van der Waals surface area contributed by atoms with Crippen LogP contribution in [0.3, 0.4) is 0 Å². The van der Waals surface area contributed by atoms with Gasteiger partial charge in [-0.05, 0) is 77.0 Å². The summed E-state index contributed by atoms with van der Waals surface area (Å²) in [6.07, 6.45) is 73.5. The lowest BCUT2D eigenvalue weighted by atomic mass is 10.0. The summed E-state index contributed by atoms with van der Waals surface area (Å²) in [5.74, 6) is -0.878. The molecule has 0 aromatic heterocycles. The van der Waals surface area contributed by atoms with Gasteiger partial charge in [0.15, 0.2) is 6.10 Å². The first-order valence-corrected chi connectivity index (χ1v) is 30.3. The zero-order valence-corrected chi connectivity index (χ0v) is 46.5. The molecule has 0 aromatic rings. The summed E-state index contributed by atoms with van der Waals surface area (Å²) >= 11 is 0. The van der Waals surface area contributed by atoms with Crippen molar-refractivity contribution in [3.63, 3.8) is 0 Å². The monoisotopic (exact) mass is 979 g/mol. The van der Waals surface area contributed by atoms with Crippen molar-refractivity contribution >= 4 is 17.9 Å². The third-order valence-electron chi connectivity index (χ3n) is 13.3. The minimum Gasteiger partial charge on any atom is -0.462 e. The average Bonchev–Trinajstić information content (AvgIpc) is 3.36. The van der Waals surface area contributed by atoms with Gasteiger partial charge in [-0.1, -0.05) is 274 Å². The van der Waals surface area contributed by atoms with Gasteiger partial charge in [-0.3, -0.25) is 14.4 Å². The average molecular weight is 980 g/mol. The van der Waals surface area contributed by atoms with E-state index in [0.717, 1.165) is 83.5 Å². The lowest BCUT2D eigenvalue weighted by Gasteiger charge is -2.18. The highest BCUT2D eigenvalue weighted by molar-refractivity contribution is 5.71. The molecule has 6 nitrogen and oxygen atoms in total. The highest BCUT2D eigenvalue weighted by Crippen LogP contribution is 2.17. The van der Waals surface area contributed by atoms with Crippen molar-refractivity contribution < 1.29 is 28.6 Å². The van der Waals surface area contributed by atoms with Gasteiger partial charge in [0.1, 0.15) is 13.2 Å². The highest BCUT2D eigenvalue weighted by atomic mass is 16.6. The summed E-state index contributed by atoms with van der Waals surface area (Å²) in [6.45, 7) is 6.53. The van der Waals surface area contributed by atoms with Gasteiger partial charge >= 0.3 is 17.9 Å². The topological polar surface area (TPSA) is 78.9 Å². The second-order valence-corrected chi connectivity index (χ2v) is 20.3. The molecule has 70 heavy (non-hydrogen) atoms. The summed E-state index contributed by atoms with van der Waals surface area (Å²) in [6, 6.07) is 0. The summed E-state index contributed by atoms with van der Waals surface area (Å²) in [4.78, 5) is 38.2. The predicted molar refractivity (Wildman–Crippen MR) is 302 cm³/mol. The van der Waals surface area contributed by atoms with E-state index >= 15 is 0 Å². The van der Waals surface area contributed by atoms with Crippen LogP contribution in [0.5, 0.6) is 0 Å². The minimum atomic E-state index is -0.780. The van der Waals surface area contributed by atoms with Crippen LogP contribution in [0.1, 0.15) is 310 Å². The Bertz CT molecular complexity index is 1260. The van der Waals surface area contributed by atoms with Crippen LogP contribution in [0.15, 0.2) is 60.8 Å². The van der Waals surface area contributed by atoms with Crippen LogP contribution in [0.2, 0.25) is 0 Å². The molecule has 0 saturated heterocycles. The van der Waals surface area contributed by atoms with Gasteiger partial charge in [-0.15, -0.1) is 0 Å². The van der Waals surface area contributed by atoms with Crippen molar-refractivity contribution in [3.05, 3.63) is 60.8 Å². The quantitative estimate of drug-likeness (QED) is 0.0199. The molecule has 0 saturated carbocycles. The van der Waals surface area contributed by atoms with Gasteiger partial charge in [0.05, 0.1) is 0 Å². The van der Waals surface area contributed by atoms with Crippen LogP contribution in [0, 0.1) is 0 Å². The van der Waals surface area contributed by atoms with Crippen LogP contribution in [0.4, 0.5) is 0 Å². The lowest BCUT2D eigenvalue weighted by Crippen LogP contribution is -2.30. The van der Waals surface area contributed by atoms with E-state index in [1.165, 1.54) is 186 Å². The third-order valence-corrected chi connectivity index (χ3v) is 13.3.